The van der Waals surface area contributed by atoms with E-state index in [0.717, 1.165) is 16.7 Å². The summed E-state index contributed by atoms with van der Waals surface area (Å²) in [6.07, 6.45) is 0. The second-order valence-electron chi connectivity index (χ2n) is 2.78. The van der Waals surface area contributed by atoms with Gasteiger partial charge in [0.2, 0.25) is 0 Å². The molecule has 78 valence electrons. The SMILES string of the molecule is Cc1nc(C)c(Cl)c(OCCBr)c1Cl. The molecule has 2 nitrogen and oxygen atoms in total. The van der Waals surface area contributed by atoms with E-state index >= 15 is 0 Å². The molecule has 1 heterocycles. The van der Waals surface area contributed by atoms with Gasteiger partial charge in [-0.1, -0.05) is 39.1 Å². The minimum atomic E-state index is 0.488. The Morgan fingerprint density at radius 2 is 1.71 bits per heavy atom. The molecule has 5 heteroatoms. The third-order valence-corrected chi connectivity index (χ3v) is 2.91. The van der Waals surface area contributed by atoms with Gasteiger partial charge in [-0.15, -0.1) is 0 Å². The highest BCUT2D eigenvalue weighted by Crippen LogP contribution is 2.36. The van der Waals surface area contributed by atoms with E-state index in [1.165, 1.54) is 0 Å². The van der Waals surface area contributed by atoms with Crippen LogP contribution in [0.1, 0.15) is 11.4 Å². The molecule has 1 rings (SSSR count). The van der Waals surface area contributed by atoms with E-state index in [1.807, 2.05) is 13.8 Å². The summed E-state index contributed by atoms with van der Waals surface area (Å²) in [5.41, 5.74) is 1.47. The number of ether oxygens (including phenoxy) is 1. The Labute approximate surface area is 102 Å². The van der Waals surface area contributed by atoms with Crippen molar-refractivity contribution in [3.63, 3.8) is 0 Å². The molecular weight excluding hydrogens is 289 g/mol. The van der Waals surface area contributed by atoms with E-state index in [0.29, 0.717) is 22.4 Å². The Balaban J connectivity index is 3.11. The maximum Gasteiger partial charge on any atom is 0.160 e. The number of rotatable bonds is 3. The summed E-state index contributed by atoms with van der Waals surface area (Å²) >= 11 is 15.3. The first kappa shape index (κ1) is 12.1. The van der Waals surface area contributed by atoms with Crippen LogP contribution in [-0.2, 0) is 0 Å². The number of aryl methyl sites for hydroxylation is 2. The van der Waals surface area contributed by atoms with Crippen molar-refractivity contribution in [2.75, 3.05) is 11.9 Å². The monoisotopic (exact) mass is 297 g/mol. The molecule has 14 heavy (non-hydrogen) atoms. The molecule has 0 fully saturated rings. The van der Waals surface area contributed by atoms with Gasteiger partial charge in [-0.2, -0.15) is 0 Å². The van der Waals surface area contributed by atoms with Gasteiger partial charge in [0.25, 0.3) is 0 Å². The fraction of sp³-hybridized carbons (Fsp3) is 0.444. The number of hydrogen-bond acceptors (Lipinski definition) is 2. The van der Waals surface area contributed by atoms with Gasteiger partial charge >= 0.3 is 0 Å². The smallest absolute Gasteiger partial charge is 0.160 e. The summed E-state index contributed by atoms with van der Waals surface area (Å²) in [6.45, 7) is 4.18. The Kier molecular flexibility index (Phi) is 4.48. The zero-order valence-corrected chi connectivity index (χ0v) is 11.0. The van der Waals surface area contributed by atoms with Crippen molar-refractivity contribution in [2.24, 2.45) is 0 Å². The van der Waals surface area contributed by atoms with Gasteiger partial charge < -0.3 is 4.74 Å². The lowest BCUT2D eigenvalue weighted by molar-refractivity contribution is 0.344. The van der Waals surface area contributed by atoms with E-state index in [1.54, 1.807) is 0 Å². The first-order valence-corrected chi connectivity index (χ1v) is 5.96. The molecule has 0 amide bonds. The van der Waals surface area contributed by atoms with Crippen molar-refractivity contribution in [1.29, 1.82) is 0 Å². The van der Waals surface area contributed by atoms with Gasteiger partial charge in [0.1, 0.15) is 10.0 Å². The van der Waals surface area contributed by atoms with Crippen LogP contribution < -0.4 is 4.74 Å². The fourth-order valence-corrected chi connectivity index (χ4v) is 1.63. The normalized spacial score (nSPS) is 10.4. The average Bonchev–Trinajstić information content (AvgIpc) is 2.15. The third-order valence-electron chi connectivity index (χ3n) is 1.69. The van der Waals surface area contributed by atoms with E-state index in [4.69, 9.17) is 27.9 Å². The van der Waals surface area contributed by atoms with Crippen molar-refractivity contribution in [3.8, 4) is 5.75 Å². The van der Waals surface area contributed by atoms with Crippen LogP contribution in [0, 0.1) is 13.8 Å². The molecule has 0 bridgehead atoms. The minimum absolute atomic E-state index is 0.488. The second kappa shape index (κ2) is 5.19. The molecule has 0 aromatic carbocycles. The second-order valence-corrected chi connectivity index (χ2v) is 4.33. The molecular formula is C9H10BrCl2NO. The number of nitrogens with zero attached hydrogens (tertiary/aromatic N) is 1. The van der Waals surface area contributed by atoms with Gasteiger partial charge in [0.15, 0.2) is 5.75 Å². The Bertz CT molecular complexity index is 318. The van der Waals surface area contributed by atoms with E-state index in [9.17, 15) is 0 Å². The molecule has 0 aliphatic heterocycles. The predicted molar refractivity (Wildman–Crippen MR) is 63.0 cm³/mol. The van der Waals surface area contributed by atoms with Crippen LogP contribution in [0.2, 0.25) is 10.0 Å². The zero-order chi connectivity index (χ0) is 10.7. The molecule has 1 aromatic heterocycles. The standard InChI is InChI=1S/C9H10BrCl2NO/c1-5-7(11)9(14-4-3-10)8(12)6(2)13-5/h3-4H2,1-2H3. The van der Waals surface area contributed by atoms with Crippen LogP contribution in [0.5, 0.6) is 5.75 Å². The first-order chi connectivity index (χ1) is 6.57. The maximum absolute atomic E-state index is 6.02. The lowest BCUT2D eigenvalue weighted by Gasteiger charge is -2.11. The average molecular weight is 299 g/mol. The van der Waals surface area contributed by atoms with Gasteiger partial charge in [-0.05, 0) is 13.8 Å². The zero-order valence-electron chi connectivity index (χ0n) is 7.90. The summed E-state index contributed by atoms with van der Waals surface area (Å²) < 4.78 is 5.43. The first-order valence-electron chi connectivity index (χ1n) is 4.09. The number of aromatic nitrogens is 1. The van der Waals surface area contributed by atoms with Crippen LogP contribution in [0.25, 0.3) is 0 Å². The van der Waals surface area contributed by atoms with E-state index in [-0.39, 0.29) is 0 Å². The van der Waals surface area contributed by atoms with Gasteiger partial charge in [0, 0.05) is 5.33 Å². The summed E-state index contributed by atoms with van der Waals surface area (Å²) in [5, 5.41) is 1.71. The van der Waals surface area contributed by atoms with Gasteiger partial charge in [0.05, 0.1) is 18.0 Å². The third kappa shape index (κ3) is 2.53. The number of hydrogen-bond donors (Lipinski definition) is 0. The Morgan fingerprint density at radius 1 is 1.21 bits per heavy atom. The van der Waals surface area contributed by atoms with Gasteiger partial charge in [-0.3, -0.25) is 4.98 Å². The molecule has 0 spiro atoms. The van der Waals surface area contributed by atoms with Gasteiger partial charge in [-0.25, -0.2) is 0 Å². The quantitative estimate of drug-likeness (QED) is 0.792. The maximum atomic E-state index is 6.02. The lowest BCUT2D eigenvalue weighted by Crippen LogP contribution is -2.02. The Hall–Kier alpha value is 0.01000. The molecule has 0 unspecified atom stereocenters. The molecule has 0 aliphatic rings. The highest BCUT2D eigenvalue weighted by Gasteiger charge is 2.13. The summed E-state index contributed by atoms with van der Waals surface area (Å²) in [5.74, 6) is 0.526. The largest absolute Gasteiger partial charge is 0.489 e. The van der Waals surface area contributed by atoms with Crippen LogP contribution in [0.4, 0.5) is 0 Å². The highest BCUT2D eigenvalue weighted by atomic mass is 79.9. The Morgan fingerprint density at radius 3 is 2.14 bits per heavy atom. The van der Waals surface area contributed by atoms with Crippen molar-refractivity contribution in [2.45, 2.75) is 13.8 Å². The number of pyridine rings is 1. The molecule has 0 atom stereocenters. The molecule has 0 radical (unpaired) electrons. The van der Waals surface area contributed by atoms with Crippen molar-refractivity contribution >= 4 is 39.1 Å². The molecule has 0 saturated heterocycles. The van der Waals surface area contributed by atoms with Crippen molar-refractivity contribution in [1.82, 2.24) is 4.98 Å². The van der Waals surface area contributed by atoms with E-state index in [2.05, 4.69) is 20.9 Å². The lowest BCUT2D eigenvalue weighted by atomic mass is 10.3. The predicted octanol–water partition coefficient (Wildman–Crippen LogP) is 3.78. The summed E-state index contributed by atoms with van der Waals surface area (Å²) in [7, 11) is 0. The number of alkyl halides is 1. The van der Waals surface area contributed by atoms with Crippen LogP contribution >= 0.6 is 39.1 Å². The van der Waals surface area contributed by atoms with E-state index < -0.39 is 0 Å². The van der Waals surface area contributed by atoms with Crippen molar-refractivity contribution in [3.05, 3.63) is 21.4 Å². The number of halogens is 3. The van der Waals surface area contributed by atoms with Crippen molar-refractivity contribution < 1.29 is 4.74 Å². The molecule has 0 N–H and O–H groups in total. The molecule has 1 aromatic rings. The van der Waals surface area contributed by atoms with Crippen LogP contribution in [-0.4, -0.2) is 16.9 Å². The fourth-order valence-electron chi connectivity index (χ4n) is 1.04. The van der Waals surface area contributed by atoms with Crippen LogP contribution in [0.15, 0.2) is 0 Å². The minimum Gasteiger partial charge on any atom is -0.489 e. The molecule has 0 aliphatic carbocycles. The van der Waals surface area contributed by atoms with Crippen LogP contribution in [0.3, 0.4) is 0 Å². The highest BCUT2D eigenvalue weighted by molar-refractivity contribution is 9.09. The topological polar surface area (TPSA) is 22.1 Å². The summed E-state index contributed by atoms with van der Waals surface area (Å²) in [4.78, 5) is 4.19. The molecule has 0 saturated carbocycles. The summed E-state index contributed by atoms with van der Waals surface area (Å²) in [6, 6.07) is 0.